The summed E-state index contributed by atoms with van der Waals surface area (Å²) in [5, 5.41) is 13.6. The van der Waals surface area contributed by atoms with Crippen LogP contribution in [0.5, 0.6) is 0 Å². The fraction of sp³-hybridized carbons (Fsp3) is 0.647. The third-order valence-corrected chi connectivity index (χ3v) is 4.17. The summed E-state index contributed by atoms with van der Waals surface area (Å²) in [6.45, 7) is 1.36. The largest absolute Gasteiger partial charge is 0.390 e. The van der Waals surface area contributed by atoms with E-state index >= 15 is 0 Å². The van der Waals surface area contributed by atoms with Gasteiger partial charge in [-0.15, -0.1) is 0 Å². The molecule has 2 atom stereocenters. The number of aliphatic hydroxyl groups excluding tert-OH is 1. The minimum absolute atomic E-state index is 0.308. The fourth-order valence-corrected chi connectivity index (χ4v) is 2.85. The van der Waals surface area contributed by atoms with Crippen molar-refractivity contribution in [2.75, 3.05) is 27.2 Å². The second-order valence-electron chi connectivity index (χ2n) is 6.32. The summed E-state index contributed by atoms with van der Waals surface area (Å²) < 4.78 is 0. The first-order valence-corrected chi connectivity index (χ1v) is 7.76. The van der Waals surface area contributed by atoms with E-state index in [4.69, 9.17) is 0 Å². The Kier molecular flexibility index (Phi) is 6.02. The maximum absolute atomic E-state index is 10.0. The maximum Gasteiger partial charge on any atom is 0.0791 e. The molecular formula is C17H28N2O. The standard InChI is InChI=1S/C17H28N2O/c1-19(2)13-16(20)12-18-17(11-14-7-6-8-14)15-9-4-3-5-10-15/h3-5,9-10,14,16-18,20H,6-8,11-13H2,1-2H3. The van der Waals surface area contributed by atoms with Gasteiger partial charge in [-0.1, -0.05) is 49.6 Å². The molecule has 1 saturated carbocycles. The molecule has 112 valence electrons. The second kappa shape index (κ2) is 7.77. The topological polar surface area (TPSA) is 35.5 Å². The van der Waals surface area contributed by atoms with Crippen LogP contribution in [0, 0.1) is 5.92 Å². The molecule has 1 aromatic rings. The number of likely N-dealkylation sites (N-methyl/N-ethyl adjacent to an activating group) is 1. The Labute approximate surface area is 123 Å². The normalized spacial score (nSPS) is 18.8. The van der Waals surface area contributed by atoms with Gasteiger partial charge >= 0.3 is 0 Å². The molecule has 1 aromatic carbocycles. The van der Waals surface area contributed by atoms with Crippen LogP contribution in [0.4, 0.5) is 0 Å². The molecule has 0 amide bonds. The van der Waals surface area contributed by atoms with E-state index in [0.29, 0.717) is 19.1 Å². The number of hydrogen-bond donors (Lipinski definition) is 2. The lowest BCUT2D eigenvalue weighted by Gasteiger charge is -2.31. The van der Waals surface area contributed by atoms with Crippen molar-refractivity contribution in [1.82, 2.24) is 10.2 Å². The highest BCUT2D eigenvalue weighted by Crippen LogP contribution is 2.34. The molecule has 0 spiro atoms. The first kappa shape index (κ1) is 15.5. The van der Waals surface area contributed by atoms with Crippen molar-refractivity contribution in [3.63, 3.8) is 0 Å². The van der Waals surface area contributed by atoms with Crippen LogP contribution in [0.2, 0.25) is 0 Å². The first-order valence-electron chi connectivity index (χ1n) is 7.76. The van der Waals surface area contributed by atoms with Crippen LogP contribution < -0.4 is 5.32 Å². The summed E-state index contributed by atoms with van der Waals surface area (Å²) in [6, 6.07) is 11.0. The molecule has 0 heterocycles. The molecule has 20 heavy (non-hydrogen) atoms. The zero-order chi connectivity index (χ0) is 14.4. The summed E-state index contributed by atoms with van der Waals surface area (Å²) in [7, 11) is 3.98. The van der Waals surface area contributed by atoms with E-state index in [-0.39, 0.29) is 6.10 Å². The van der Waals surface area contributed by atoms with Gasteiger partial charge in [0.05, 0.1) is 6.10 Å². The molecule has 0 aromatic heterocycles. The molecule has 3 nitrogen and oxygen atoms in total. The fourth-order valence-electron chi connectivity index (χ4n) is 2.85. The number of hydrogen-bond acceptors (Lipinski definition) is 3. The van der Waals surface area contributed by atoms with Crippen LogP contribution in [-0.2, 0) is 0 Å². The molecule has 0 bridgehead atoms. The Hall–Kier alpha value is -0.900. The van der Waals surface area contributed by atoms with Crippen LogP contribution >= 0.6 is 0 Å². The predicted molar refractivity (Wildman–Crippen MR) is 83.7 cm³/mol. The molecule has 2 rings (SSSR count). The van der Waals surface area contributed by atoms with Gasteiger partial charge in [0.15, 0.2) is 0 Å². The SMILES string of the molecule is CN(C)CC(O)CNC(CC1CCC1)c1ccccc1. The van der Waals surface area contributed by atoms with Crippen LogP contribution in [0.1, 0.15) is 37.3 Å². The number of nitrogens with zero attached hydrogens (tertiary/aromatic N) is 1. The third-order valence-electron chi connectivity index (χ3n) is 4.17. The Morgan fingerprint density at radius 1 is 1.25 bits per heavy atom. The average molecular weight is 276 g/mol. The Balaban J connectivity index is 1.88. The quantitative estimate of drug-likeness (QED) is 0.765. The van der Waals surface area contributed by atoms with Crippen molar-refractivity contribution in [2.45, 2.75) is 37.8 Å². The summed E-state index contributed by atoms with van der Waals surface area (Å²) in [5.74, 6) is 0.860. The maximum atomic E-state index is 10.0. The molecule has 2 N–H and O–H groups in total. The summed E-state index contributed by atoms with van der Waals surface area (Å²) in [6.07, 6.45) is 5.00. The molecule has 0 saturated heterocycles. The van der Waals surface area contributed by atoms with Gasteiger partial charge in [0, 0.05) is 19.1 Å². The van der Waals surface area contributed by atoms with E-state index in [1.54, 1.807) is 0 Å². The van der Waals surface area contributed by atoms with E-state index in [2.05, 4.69) is 35.6 Å². The number of aliphatic hydroxyl groups is 1. The van der Waals surface area contributed by atoms with Crippen molar-refractivity contribution in [3.8, 4) is 0 Å². The van der Waals surface area contributed by atoms with Crippen LogP contribution in [-0.4, -0.2) is 43.3 Å². The van der Waals surface area contributed by atoms with Gasteiger partial charge in [-0.05, 0) is 32.0 Å². The summed E-state index contributed by atoms with van der Waals surface area (Å²) in [5.41, 5.74) is 1.34. The van der Waals surface area contributed by atoms with Gasteiger partial charge in [-0.25, -0.2) is 0 Å². The zero-order valence-corrected chi connectivity index (χ0v) is 12.8. The predicted octanol–water partition coefficient (Wildman–Crippen LogP) is 2.43. The molecule has 2 unspecified atom stereocenters. The minimum Gasteiger partial charge on any atom is -0.390 e. The summed E-state index contributed by atoms with van der Waals surface area (Å²) in [4.78, 5) is 2.02. The third kappa shape index (κ3) is 4.89. The highest BCUT2D eigenvalue weighted by atomic mass is 16.3. The van der Waals surface area contributed by atoms with Crippen molar-refractivity contribution in [3.05, 3.63) is 35.9 Å². The molecule has 0 aliphatic heterocycles. The highest BCUT2D eigenvalue weighted by Gasteiger charge is 2.23. The summed E-state index contributed by atoms with van der Waals surface area (Å²) >= 11 is 0. The van der Waals surface area contributed by atoms with Gasteiger partial charge in [-0.3, -0.25) is 0 Å². The molecule has 1 aliphatic carbocycles. The van der Waals surface area contributed by atoms with Crippen molar-refractivity contribution in [2.24, 2.45) is 5.92 Å². The van der Waals surface area contributed by atoms with Gasteiger partial charge in [0.1, 0.15) is 0 Å². The van der Waals surface area contributed by atoms with Crippen LogP contribution in [0.25, 0.3) is 0 Å². The minimum atomic E-state index is -0.308. The lowest BCUT2D eigenvalue weighted by Crippen LogP contribution is -2.37. The van der Waals surface area contributed by atoms with Gasteiger partial charge < -0.3 is 15.3 Å². The number of benzene rings is 1. The second-order valence-corrected chi connectivity index (χ2v) is 6.32. The number of nitrogens with one attached hydrogen (secondary N) is 1. The van der Waals surface area contributed by atoms with Gasteiger partial charge in [0.25, 0.3) is 0 Å². The molecule has 0 radical (unpaired) electrons. The lowest BCUT2D eigenvalue weighted by atomic mass is 9.79. The average Bonchev–Trinajstić information content (AvgIpc) is 2.37. The highest BCUT2D eigenvalue weighted by molar-refractivity contribution is 5.19. The molecule has 3 heteroatoms. The monoisotopic (exact) mass is 276 g/mol. The molecular weight excluding hydrogens is 248 g/mol. The Morgan fingerprint density at radius 2 is 1.95 bits per heavy atom. The molecule has 1 aliphatic rings. The number of rotatable bonds is 8. The van der Waals surface area contributed by atoms with E-state index < -0.39 is 0 Å². The van der Waals surface area contributed by atoms with E-state index in [9.17, 15) is 5.11 Å². The van der Waals surface area contributed by atoms with Crippen LogP contribution in [0.3, 0.4) is 0 Å². The van der Waals surface area contributed by atoms with E-state index in [1.807, 2.05) is 19.0 Å². The van der Waals surface area contributed by atoms with Crippen molar-refractivity contribution >= 4 is 0 Å². The van der Waals surface area contributed by atoms with E-state index in [1.165, 1.54) is 31.2 Å². The van der Waals surface area contributed by atoms with Gasteiger partial charge in [0.2, 0.25) is 0 Å². The molecule has 1 fully saturated rings. The van der Waals surface area contributed by atoms with E-state index in [0.717, 1.165) is 5.92 Å². The first-order chi connectivity index (χ1) is 9.65. The lowest BCUT2D eigenvalue weighted by molar-refractivity contribution is 0.128. The smallest absolute Gasteiger partial charge is 0.0791 e. The van der Waals surface area contributed by atoms with Crippen molar-refractivity contribution < 1.29 is 5.11 Å². The van der Waals surface area contributed by atoms with Crippen LogP contribution in [0.15, 0.2) is 30.3 Å². The zero-order valence-electron chi connectivity index (χ0n) is 12.8. The Bertz CT molecular complexity index is 376. The Morgan fingerprint density at radius 3 is 2.50 bits per heavy atom. The van der Waals surface area contributed by atoms with Gasteiger partial charge in [-0.2, -0.15) is 0 Å². The van der Waals surface area contributed by atoms with Crippen molar-refractivity contribution in [1.29, 1.82) is 0 Å².